The summed E-state index contributed by atoms with van der Waals surface area (Å²) in [6.07, 6.45) is 0. The molecule has 25 heavy (non-hydrogen) atoms. The number of rotatable bonds is 5. The summed E-state index contributed by atoms with van der Waals surface area (Å²) in [5.41, 5.74) is 4.78. The number of anilines is 1. The topological polar surface area (TPSA) is 35.6 Å². The average molecular weight is 337 g/mol. The van der Waals surface area contributed by atoms with E-state index in [0.29, 0.717) is 6.54 Å². The standard InChI is InChI=1S/C21H27N3O/c1-17-7-6-8-18(2)21(17)22-15-20(25)24-13-11-23(12-14-24)16-19-9-4-3-5-10-19/h3-10,22H,11-16H2,1-2H3. The van der Waals surface area contributed by atoms with Gasteiger partial charge in [-0.15, -0.1) is 0 Å². The molecule has 1 amide bonds. The predicted octanol–water partition coefficient (Wildman–Crippen LogP) is 3.06. The van der Waals surface area contributed by atoms with Crippen molar-refractivity contribution in [3.05, 3.63) is 65.2 Å². The number of piperazine rings is 1. The van der Waals surface area contributed by atoms with E-state index in [9.17, 15) is 4.79 Å². The highest BCUT2D eigenvalue weighted by Crippen LogP contribution is 2.19. The minimum absolute atomic E-state index is 0.182. The zero-order valence-corrected chi connectivity index (χ0v) is 15.2. The Morgan fingerprint density at radius 3 is 2.20 bits per heavy atom. The van der Waals surface area contributed by atoms with Crippen molar-refractivity contribution in [3.8, 4) is 0 Å². The molecule has 1 aliphatic rings. The average Bonchev–Trinajstić information content (AvgIpc) is 2.62. The van der Waals surface area contributed by atoms with Gasteiger partial charge >= 0.3 is 0 Å². The number of nitrogens with one attached hydrogen (secondary N) is 1. The number of nitrogens with zero attached hydrogens (tertiary/aromatic N) is 2. The number of amides is 1. The van der Waals surface area contributed by atoms with E-state index in [1.165, 1.54) is 16.7 Å². The van der Waals surface area contributed by atoms with Gasteiger partial charge in [0.25, 0.3) is 0 Å². The van der Waals surface area contributed by atoms with Crippen LogP contribution in [0.3, 0.4) is 0 Å². The van der Waals surface area contributed by atoms with Crippen molar-refractivity contribution < 1.29 is 4.79 Å². The van der Waals surface area contributed by atoms with Gasteiger partial charge in [0, 0.05) is 38.4 Å². The predicted molar refractivity (Wildman–Crippen MR) is 103 cm³/mol. The third-order valence-electron chi connectivity index (χ3n) is 4.87. The molecule has 0 aliphatic carbocycles. The molecule has 0 spiro atoms. The summed E-state index contributed by atoms with van der Waals surface area (Å²) in [6.45, 7) is 8.95. The van der Waals surface area contributed by atoms with Crippen molar-refractivity contribution in [1.82, 2.24) is 9.80 Å². The smallest absolute Gasteiger partial charge is 0.241 e. The van der Waals surface area contributed by atoms with E-state index in [0.717, 1.165) is 38.4 Å². The number of carbonyl (C=O) groups excluding carboxylic acids is 1. The van der Waals surface area contributed by atoms with E-state index < -0.39 is 0 Å². The van der Waals surface area contributed by atoms with Crippen LogP contribution in [0.4, 0.5) is 5.69 Å². The van der Waals surface area contributed by atoms with Gasteiger partial charge in [0.1, 0.15) is 0 Å². The number of benzene rings is 2. The Labute approximate surface area is 150 Å². The molecule has 132 valence electrons. The maximum Gasteiger partial charge on any atom is 0.241 e. The van der Waals surface area contributed by atoms with Crippen LogP contribution < -0.4 is 5.32 Å². The van der Waals surface area contributed by atoms with Crippen molar-refractivity contribution in [1.29, 1.82) is 0 Å². The van der Waals surface area contributed by atoms with Gasteiger partial charge in [0.2, 0.25) is 5.91 Å². The Kier molecular flexibility index (Phi) is 5.71. The first-order valence-corrected chi connectivity index (χ1v) is 8.97. The normalized spacial score (nSPS) is 15.2. The van der Waals surface area contributed by atoms with Crippen LogP contribution in [-0.2, 0) is 11.3 Å². The minimum Gasteiger partial charge on any atom is -0.376 e. The fourth-order valence-corrected chi connectivity index (χ4v) is 3.37. The summed E-state index contributed by atoms with van der Waals surface area (Å²) in [4.78, 5) is 16.9. The van der Waals surface area contributed by atoms with Crippen molar-refractivity contribution in [2.75, 3.05) is 38.0 Å². The largest absolute Gasteiger partial charge is 0.376 e. The first-order valence-electron chi connectivity index (χ1n) is 8.97. The summed E-state index contributed by atoms with van der Waals surface area (Å²) in [5, 5.41) is 3.32. The Morgan fingerprint density at radius 2 is 1.56 bits per heavy atom. The van der Waals surface area contributed by atoms with Crippen LogP contribution >= 0.6 is 0 Å². The van der Waals surface area contributed by atoms with E-state index in [2.05, 4.69) is 60.5 Å². The van der Waals surface area contributed by atoms with Gasteiger partial charge < -0.3 is 10.2 Å². The molecule has 0 aromatic heterocycles. The molecule has 2 aromatic rings. The molecule has 4 nitrogen and oxygen atoms in total. The summed E-state index contributed by atoms with van der Waals surface area (Å²) < 4.78 is 0. The van der Waals surface area contributed by atoms with Crippen LogP contribution in [0, 0.1) is 13.8 Å². The molecular formula is C21H27N3O. The van der Waals surface area contributed by atoms with Gasteiger partial charge in [-0.25, -0.2) is 0 Å². The first-order chi connectivity index (χ1) is 12.1. The number of hydrogen-bond acceptors (Lipinski definition) is 3. The van der Waals surface area contributed by atoms with E-state index in [1.807, 2.05) is 17.0 Å². The molecule has 1 fully saturated rings. The van der Waals surface area contributed by atoms with Crippen molar-refractivity contribution in [3.63, 3.8) is 0 Å². The van der Waals surface area contributed by atoms with Crippen molar-refractivity contribution in [2.45, 2.75) is 20.4 Å². The van der Waals surface area contributed by atoms with Crippen LogP contribution in [0.25, 0.3) is 0 Å². The Morgan fingerprint density at radius 1 is 0.920 bits per heavy atom. The summed E-state index contributed by atoms with van der Waals surface area (Å²) in [6, 6.07) is 16.7. The highest BCUT2D eigenvalue weighted by molar-refractivity contribution is 5.81. The quantitative estimate of drug-likeness (QED) is 0.911. The SMILES string of the molecule is Cc1cccc(C)c1NCC(=O)N1CCN(Cc2ccccc2)CC1. The third-order valence-corrected chi connectivity index (χ3v) is 4.87. The number of hydrogen-bond donors (Lipinski definition) is 1. The molecule has 0 atom stereocenters. The molecule has 1 saturated heterocycles. The molecule has 1 N–H and O–H groups in total. The Balaban J connectivity index is 1.47. The molecule has 0 saturated carbocycles. The van der Waals surface area contributed by atoms with Crippen LogP contribution in [0.15, 0.2) is 48.5 Å². The minimum atomic E-state index is 0.182. The van der Waals surface area contributed by atoms with Gasteiger partial charge in [-0.1, -0.05) is 48.5 Å². The Hall–Kier alpha value is -2.33. The van der Waals surface area contributed by atoms with Crippen LogP contribution in [-0.4, -0.2) is 48.4 Å². The zero-order chi connectivity index (χ0) is 17.6. The maximum absolute atomic E-state index is 12.5. The second kappa shape index (κ2) is 8.17. The molecule has 0 radical (unpaired) electrons. The van der Waals surface area contributed by atoms with Gasteiger partial charge in [-0.05, 0) is 30.5 Å². The molecule has 0 unspecified atom stereocenters. The Bertz CT molecular complexity index is 686. The highest BCUT2D eigenvalue weighted by atomic mass is 16.2. The summed E-state index contributed by atoms with van der Waals surface area (Å²) >= 11 is 0. The summed E-state index contributed by atoms with van der Waals surface area (Å²) in [5.74, 6) is 0.182. The molecule has 1 heterocycles. The van der Waals surface area contributed by atoms with Crippen molar-refractivity contribution >= 4 is 11.6 Å². The maximum atomic E-state index is 12.5. The van der Waals surface area contributed by atoms with E-state index in [1.54, 1.807) is 0 Å². The van der Waals surface area contributed by atoms with Crippen LogP contribution in [0.5, 0.6) is 0 Å². The van der Waals surface area contributed by atoms with E-state index >= 15 is 0 Å². The van der Waals surface area contributed by atoms with Gasteiger partial charge in [-0.2, -0.15) is 0 Å². The molecular weight excluding hydrogens is 310 g/mol. The van der Waals surface area contributed by atoms with Gasteiger partial charge in [-0.3, -0.25) is 9.69 Å². The fourth-order valence-electron chi connectivity index (χ4n) is 3.37. The molecule has 0 bridgehead atoms. The number of carbonyl (C=O) groups is 1. The third kappa shape index (κ3) is 4.60. The van der Waals surface area contributed by atoms with Gasteiger partial charge in [0.05, 0.1) is 6.54 Å². The van der Waals surface area contributed by atoms with Crippen LogP contribution in [0.2, 0.25) is 0 Å². The molecule has 1 aliphatic heterocycles. The molecule has 4 heteroatoms. The summed E-state index contributed by atoms with van der Waals surface area (Å²) in [7, 11) is 0. The lowest BCUT2D eigenvalue weighted by molar-refractivity contribution is -0.131. The zero-order valence-electron chi connectivity index (χ0n) is 15.2. The first kappa shape index (κ1) is 17.5. The van der Waals surface area contributed by atoms with Gasteiger partial charge in [0.15, 0.2) is 0 Å². The second-order valence-corrected chi connectivity index (χ2v) is 6.76. The second-order valence-electron chi connectivity index (χ2n) is 6.76. The number of para-hydroxylation sites is 1. The van der Waals surface area contributed by atoms with E-state index in [4.69, 9.17) is 0 Å². The molecule has 3 rings (SSSR count). The van der Waals surface area contributed by atoms with Crippen molar-refractivity contribution in [2.24, 2.45) is 0 Å². The molecule has 2 aromatic carbocycles. The lowest BCUT2D eigenvalue weighted by Gasteiger charge is -2.35. The lowest BCUT2D eigenvalue weighted by atomic mass is 10.1. The fraction of sp³-hybridized carbons (Fsp3) is 0.381. The van der Waals surface area contributed by atoms with Crippen LogP contribution in [0.1, 0.15) is 16.7 Å². The lowest BCUT2D eigenvalue weighted by Crippen LogP contribution is -2.49. The van der Waals surface area contributed by atoms with E-state index in [-0.39, 0.29) is 5.91 Å². The number of aryl methyl sites for hydroxylation is 2. The monoisotopic (exact) mass is 337 g/mol. The highest BCUT2D eigenvalue weighted by Gasteiger charge is 2.21.